The van der Waals surface area contributed by atoms with Crippen molar-refractivity contribution in [3.8, 4) is 23.0 Å². The Kier molecular flexibility index (Phi) is 22.5. The van der Waals surface area contributed by atoms with E-state index in [1.165, 1.54) is 50.2 Å². The van der Waals surface area contributed by atoms with Gasteiger partial charge in [-0.1, -0.05) is 65.5 Å². The largest absolute Gasteiger partial charge is 0.459 e. The first-order valence-electron chi connectivity index (χ1n) is 25.7. The van der Waals surface area contributed by atoms with Crippen LogP contribution in [-0.4, -0.2) is 74.2 Å². The minimum Gasteiger partial charge on any atom is -0.459 e. The fourth-order valence-corrected chi connectivity index (χ4v) is 9.29. The van der Waals surface area contributed by atoms with E-state index in [-0.39, 0.29) is 109 Å². The Bertz CT molecular complexity index is 2100. The van der Waals surface area contributed by atoms with Gasteiger partial charge in [-0.15, -0.1) is 0 Å². The molecule has 0 heterocycles. The van der Waals surface area contributed by atoms with E-state index in [9.17, 15) is 38.4 Å². The van der Waals surface area contributed by atoms with Crippen molar-refractivity contribution < 1.29 is 76.3 Å². The van der Waals surface area contributed by atoms with Crippen molar-refractivity contribution >= 4 is 47.8 Å². The van der Waals surface area contributed by atoms with E-state index in [1.54, 1.807) is 0 Å². The molecule has 392 valence electrons. The number of carbonyl (C=O) groups is 8. The maximum atomic E-state index is 13.5. The molecule has 0 aliphatic heterocycles. The Labute approximate surface area is 422 Å². The number of benzene rings is 2. The minimum absolute atomic E-state index is 0.00421. The average Bonchev–Trinajstić information content (AvgIpc) is 3.38. The molecule has 72 heavy (non-hydrogen) atoms. The molecule has 3 aliphatic carbocycles. The zero-order valence-electron chi connectivity index (χ0n) is 42.4. The van der Waals surface area contributed by atoms with Crippen LogP contribution in [-0.2, 0) is 47.7 Å². The van der Waals surface area contributed by atoms with Crippen LogP contribution in [0.15, 0.2) is 60.7 Å². The van der Waals surface area contributed by atoms with Crippen molar-refractivity contribution in [1.82, 2.24) is 0 Å². The molecule has 0 bridgehead atoms. The number of rotatable bonds is 24. The van der Waals surface area contributed by atoms with E-state index in [0.717, 1.165) is 64.2 Å². The van der Waals surface area contributed by atoms with Crippen LogP contribution in [0.3, 0.4) is 0 Å². The van der Waals surface area contributed by atoms with Crippen LogP contribution in [0.4, 0.5) is 0 Å². The summed E-state index contributed by atoms with van der Waals surface area (Å²) in [5.41, 5.74) is 0.0449. The fraction of sp³-hybridized carbons (Fsp3) is 0.571. The van der Waals surface area contributed by atoms with Crippen molar-refractivity contribution in [2.75, 3.05) is 26.4 Å². The Morgan fingerprint density at radius 1 is 0.444 bits per heavy atom. The fourth-order valence-electron chi connectivity index (χ4n) is 9.29. The molecule has 0 saturated heterocycles. The number of carbonyl (C=O) groups excluding carboxylic acids is 8. The second-order valence-corrected chi connectivity index (χ2v) is 19.4. The molecule has 16 nitrogen and oxygen atoms in total. The van der Waals surface area contributed by atoms with E-state index in [2.05, 4.69) is 27.0 Å². The van der Waals surface area contributed by atoms with Crippen molar-refractivity contribution in [2.24, 2.45) is 35.5 Å². The molecule has 0 aromatic heterocycles. The molecular formula is C56H72O16. The second kappa shape index (κ2) is 28.7. The molecule has 5 rings (SSSR count). The lowest BCUT2D eigenvalue weighted by Gasteiger charge is -2.27. The van der Waals surface area contributed by atoms with Gasteiger partial charge in [0.1, 0.15) is 60.6 Å². The molecular weight excluding hydrogens is 929 g/mol. The molecule has 3 fully saturated rings. The van der Waals surface area contributed by atoms with Gasteiger partial charge in [0.25, 0.3) is 0 Å². The summed E-state index contributed by atoms with van der Waals surface area (Å²) < 4.78 is 43.8. The highest BCUT2D eigenvalue weighted by Crippen LogP contribution is 2.37. The Morgan fingerprint density at radius 3 is 1.07 bits per heavy atom. The van der Waals surface area contributed by atoms with Gasteiger partial charge >= 0.3 is 47.8 Å². The molecule has 16 heteroatoms. The van der Waals surface area contributed by atoms with E-state index in [0.29, 0.717) is 37.5 Å². The quantitative estimate of drug-likeness (QED) is 0.0315. The van der Waals surface area contributed by atoms with Gasteiger partial charge in [-0.25, -0.2) is 19.2 Å². The number of esters is 8. The lowest BCUT2D eigenvalue weighted by Crippen LogP contribution is -2.30. The normalized spacial score (nSPS) is 20.7. The monoisotopic (exact) mass is 1000 g/mol. The third-order valence-electron chi connectivity index (χ3n) is 13.7. The van der Waals surface area contributed by atoms with Gasteiger partial charge < -0.3 is 37.9 Å². The standard InChI is InChI=1S/C56H72O16/c1-7-9-11-37-13-17-39(18-14-37)53(61)71-47-27-25-43(33-45(47)55(63)67-31-29-65-49(57)35(3)4)69-51(59)41-21-23-42(24-22-41)52(60)70-44-26-28-48(46(34-44)56(64)68-32-30-66-50(58)36(5)6)72-54(62)40-19-15-38(16-20-40)12-10-8-2/h25-28,33-34,37-42H,3,5,7-24,29-32H2,1-2,4,6H3. The van der Waals surface area contributed by atoms with Gasteiger partial charge in [-0.3, -0.25) is 19.2 Å². The first kappa shape index (κ1) is 56.6. The van der Waals surface area contributed by atoms with Gasteiger partial charge in [0, 0.05) is 11.1 Å². The van der Waals surface area contributed by atoms with E-state index in [4.69, 9.17) is 37.9 Å². The van der Waals surface area contributed by atoms with Crippen LogP contribution >= 0.6 is 0 Å². The first-order valence-corrected chi connectivity index (χ1v) is 25.7. The second-order valence-electron chi connectivity index (χ2n) is 19.4. The molecule has 0 amide bonds. The van der Waals surface area contributed by atoms with Crippen LogP contribution in [0, 0.1) is 35.5 Å². The van der Waals surface area contributed by atoms with Crippen LogP contribution in [0.5, 0.6) is 23.0 Å². The van der Waals surface area contributed by atoms with Gasteiger partial charge in [-0.2, -0.15) is 0 Å². The van der Waals surface area contributed by atoms with Crippen molar-refractivity contribution in [3.63, 3.8) is 0 Å². The lowest BCUT2D eigenvalue weighted by atomic mass is 9.80. The summed E-state index contributed by atoms with van der Waals surface area (Å²) in [4.78, 5) is 104. The van der Waals surface area contributed by atoms with Crippen LogP contribution in [0.2, 0.25) is 0 Å². The summed E-state index contributed by atoms with van der Waals surface area (Å²) >= 11 is 0. The number of hydrogen-bond acceptors (Lipinski definition) is 16. The number of ether oxygens (including phenoxy) is 8. The minimum atomic E-state index is -0.888. The van der Waals surface area contributed by atoms with E-state index < -0.39 is 59.6 Å². The van der Waals surface area contributed by atoms with Gasteiger partial charge in [0.05, 0.1) is 23.7 Å². The molecule has 0 spiro atoms. The highest BCUT2D eigenvalue weighted by molar-refractivity contribution is 5.95. The number of unbranched alkanes of at least 4 members (excludes halogenated alkanes) is 2. The first-order chi connectivity index (χ1) is 34.6. The van der Waals surface area contributed by atoms with Crippen molar-refractivity contribution in [1.29, 1.82) is 0 Å². The smallest absolute Gasteiger partial charge is 0.342 e. The summed E-state index contributed by atoms with van der Waals surface area (Å²) in [6.45, 7) is 13.3. The summed E-state index contributed by atoms with van der Waals surface area (Å²) in [6, 6.07) is 8.13. The van der Waals surface area contributed by atoms with Gasteiger partial charge in [0.2, 0.25) is 0 Å². The van der Waals surface area contributed by atoms with Crippen molar-refractivity contribution in [2.45, 2.75) is 143 Å². The summed E-state index contributed by atoms with van der Waals surface area (Å²) in [6.07, 6.45) is 14.3. The topological polar surface area (TPSA) is 210 Å². The lowest BCUT2D eigenvalue weighted by molar-refractivity contribution is -0.145. The molecule has 0 N–H and O–H groups in total. The summed E-state index contributed by atoms with van der Waals surface area (Å²) in [7, 11) is 0. The maximum Gasteiger partial charge on any atom is 0.342 e. The third kappa shape index (κ3) is 17.5. The zero-order chi connectivity index (χ0) is 52.2. The predicted molar refractivity (Wildman–Crippen MR) is 263 cm³/mol. The molecule has 0 radical (unpaired) electrons. The summed E-state index contributed by atoms with van der Waals surface area (Å²) in [5.74, 6) is -6.02. The molecule has 0 atom stereocenters. The Morgan fingerprint density at radius 2 is 0.750 bits per heavy atom. The van der Waals surface area contributed by atoms with Crippen molar-refractivity contribution in [3.05, 3.63) is 71.8 Å². The molecule has 3 aliphatic rings. The Balaban J connectivity index is 1.19. The highest BCUT2D eigenvalue weighted by Gasteiger charge is 2.34. The van der Waals surface area contributed by atoms with Gasteiger partial charge in [0.15, 0.2) is 0 Å². The third-order valence-corrected chi connectivity index (χ3v) is 13.7. The zero-order valence-corrected chi connectivity index (χ0v) is 42.4. The SMILES string of the molecule is C=C(C)C(=O)OCCOC(=O)c1cc(OC(=O)C2CCC(C(=O)Oc3ccc(OC(=O)C4CCC(CCCC)CC4)c(C(=O)OCCOC(=O)C(=C)C)c3)CC2)ccc1OC(=O)C1CCC(CCCC)CC1. The number of hydrogen-bond donors (Lipinski definition) is 0. The highest BCUT2D eigenvalue weighted by atomic mass is 16.6. The Hall–Kier alpha value is -6.32. The van der Waals surface area contributed by atoms with Gasteiger partial charge in [-0.05, 0) is 139 Å². The molecule has 3 saturated carbocycles. The molecule has 0 unspecified atom stereocenters. The van der Waals surface area contributed by atoms with E-state index in [1.807, 2.05) is 0 Å². The molecule has 2 aromatic rings. The van der Waals surface area contributed by atoms with E-state index >= 15 is 0 Å². The summed E-state index contributed by atoms with van der Waals surface area (Å²) in [5, 5.41) is 0. The van der Waals surface area contributed by atoms with Crippen LogP contribution in [0.1, 0.15) is 164 Å². The van der Waals surface area contributed by atoms with Crippen LogP contribution in [0.25, 0.3) is 0 Å². The predicted octanol–water partition coefficient (Wildman–Crippen LogP) is 10.4. The maximum absolute atomic E-state index is 13.5. The van der Waals surface area contributed by atoms with Crippen LogP contribution < -0.4 is 18.9 Å². The molecule has 2 aromatic carbocycles. The average molecular weight is 1000 g/mol.